The molecule has 4 nitrogen and oxygen atoms in total. The van der Waals surface area contributed by atoms with Gasteiger partial charge >= 0.3 is 0 Å². The molecule has 1 aromatic rings. The summed E-state index contributed by atoms with van der Waals surface area (Å²) >= 11 is 0. The van der Waals surface area contributed by atoms with Gasteiger partial charge in [0.25, 0.3) is 5.91 Å². The van der Waals surface area contributed by atoms with Gasteiger partial charge < -0.3 is 10.4 Å². The second-order valence-electron chi connectivity index (χ2n) is 4.70. The van der Waals surface area contributed by atoms with Crippen molar-refractivity contribution in [2.24, 2.45) is 0 Å². The van der Waals surface area contributed by atoms with Crippen molar-refractivity contribution in [2.75, 3.05) is 5.32 Å². The number of benzene rings is 1. The number of hydrogen-bond acceptors (Lipinski definition) is 3. The Balaban J connectivity index is 2.61. The maximum absolute atomic E-state index is 11.8. The molecule has 90 valence electrons. The van der Waals surface area contributed by atoms with Gasteiger partial charge in [-0.15, -0.1) is 0 Å². The molecule has 0 bridgehead atoms. The van der Waals surface area contributed by atoms with Crippen LogP contribution in [0.5, 0.6) is 0 Å². The van der Waals surface area contributed by atoms with Crippen molar-refractivity contribution in [3.63, 3.8) is 0 Å². The summed E-state index contributed by atoms with van der Waals surface area (Å²) in [6.07, 6.45) is -0.185. The van der Waals surface area contributed by atoms with E-state index in [1.54, 1.807) is 6.07 Å². The molecule has 0 aromatic heterocycles. The molecule has 17 heavy (non-hydrogen) atoms. The fourth-order valence-corrected chi connectivity index (χ4v) is 2.48. The molecule has 1 aromatic carbocycles. The van der Waals surface area contributed by atoms with Gasteiger partial charge in [0.15, 0.2) is 5.60 Å². The number of fused-ring (bicyclic) bond motifs is 1. The van der Waals surface area contributed by atoms with E-state index in [1.165, 1.54) is 6.92 Å². The lowest BCUT2D eigenvalue weighted by Gasteiger charge is -2.21. The predicted octanol–water partition coefficient (Wildman–Crippen LogP) is 1.42. The highest BCUT2D eigenvalue weighted by atomic mass is 16.3. The van der Waals surface area contributed by atoms with E-state index < -0.39 is 11.5 Å². The Morgan fingerprint density at radius 1 is 1.41 bits per heavy atom. The molecular formula is C13H15NO3. The monoisotopic (exact) mass is 233 g/mol. The first-order chi connectivity index (χ1) is 7.84. The number of rotatable bonds is 2. The van der Waals surface area contributed by atoms with Crippen LogP contribution in [0.3, 0.4) is 0 Å². The molecular weight excluding hydrogens is 218 g/mol. The number of hydrogen-bond donors (Lipinski definition) is 2. The van der Waals surface area contributed by atoms with Crippen LogP contribution in [-0.2, 0) is 15.2 Å². The van der Waals surface area contributed by atoms with Crippen LogP contribution in [0, 0.1) is 13.8 Å². The van der Waals surface area contributed by atoms with Gasteiger partial charge in [0.05, 0.1) is 0 Å². The second-order valence-corrected chi connectivity index (χ2v) is 4.70. The summed E-state index contributed by atoms with van der Waals surface area (Å²) in [5.41, 5.74) is 1.26. The predicted molar refractivity (Wildman–Crippen MR) is 63.7 cm³/mol. The first-order valence-electron chi connectivity index (χ1n) is 5.49. The fraction of sp³-hybridized carbons (Fsp3) is 0.385. The normalized spacial score (nSPS) is 22.2. The summed E-state index contributed by atoms with van der Waals surface area (Å²) < 4.78 is 0. The number of ketones is 1. The van der Waals surface area contributed by atoms with E-state index in [0.29, 0.717) is 11.3 Å². The Bertz CT molecular complexity index is 522. The average molecular weight is 233 g/mol. The van der Waals surface area contributed by atoms with Crippen LogP contribution in [-0.4, -0.2) is 16.8 Å². The van der Waals surface area contributed by atoms with Crippen LogP contribution in [0.2, 0.25) is 0 Å². The molecule has 0 radical (unpaired) electrons. The van der Waals surface area contributed by atoms with Crippen molar-refractivity contribution >= 4 is 17.4 Å². The quantitative estimate of drug-likeness (QED) is 0.812. The summed E-state index contributed by atoms with van der Waals surface area (Å²) in [5.74, 6) is -0.730. The van der Waals surface area contributed by atoms with Crippen LogP contribution in [0.25, 0.3) is 0 Å². The van der Waals surface area contributed by atoms with Crippen molar-refractivity contribution < 1.29 is 14.7 Å². The van der Waals surface area contributed by atoms with Gasteiger partial charge in [0.1, 0.15) is 5.78 Å². The number of carbonyl (C=O) groups is 2. The van der Waals surface area contributed by atoms with Crippen LogP contribution in [0.4, 0.5) is 5.69 Å². The molecule has 1 amide bonds. The van der Waals surface area contributed by atoms with E-state index in [2.05, 4.69) is 5.32 Å². The summed E-state index contributed by atoms with van der Waals surface area (Å²) in [6, 6.07) is 3.70. The molecule has 2 rings (SSSR count). The number of amides is 1. The summed E-state index contributed by atoms with van der Waals surface area (Å²) in [6.45, 7) is 5.12. The lowest BCUT2D eigenvalue weighted by molar-refractivity contribution is -0.139. The van der Waals surface area contributed by atoms with Gasteiger partial charge in [-0.1, -0.05) is 6.07 Å². The van der Waals surface area contributed by atoms with E-state index in [-0.39, 0.29) is 12.2 Å². The molecule has 0 unspecified atom stereocenters. The van der Waals surface area contributed by atoms with Gasteiger partial charge in [-0.3, -0.25) is 9.59 Å². The fourth-order valence-electron chi connectivity index (χ4n) is 2.48. The highest BCUT2D eigenvalue weighted by Crippen LogP contribution is 2.41. The maximum atomic E-state index is 11.8. The van der Waals surface area contributed by atoms with Crippen LogP contribution in [0.15, 0.2) is 12.1 Å². The summed E-state index contributed by atoms with van der Waals surface area (Å²) in [7, 11) is 0. The van der Waals surface area contributed by atoms with Crippen LogP contribution >= 0.6 is 0 Å². The van der Waals surface area contributed by atoms with E-state index >= 15 is 0 Å². The van der Waals surface area contributed by atoms with Crippen molar-refractivity contribution in [1.82, 2.24) is 0 Å². The zero-order valence-corrected chi connectivity index (χ0v) is 10.1. The molecule has 0 spiro atoms. The first-order valence-corrected chi connectivity index (χ1v) is 5.49. The lowest BCUT2D eigenvalue weighted by atomic mass is 9.87. The van der Waals surface area contributed by atoms with Gasteiger partial charge in [0, 0.05) is 17.7 Å². The minimum Gasteiger partial charge on any atom is -0.375 e. The third-order valence-electron chi connectivity index (χ3n) is 3.02. The van der Waals surface area contributed by atoms with Gasteiger partial charge in [-0.05, 0) is 38.0 Å². The van der Waals surface area contributed by atoms with E-state index in [1.807, 2.05) is 19.9 Å². The van der Waals surface area contributed by atoms with Crippen molar-refractivity contribution in [3.05, 3.63) is 28.8 Å². The molecule has 0 saturated heterocycles. The highest BCUT2D eigenvalue weighted by molar-refractivity contribution is 6.07. The Morgan fingerprint density at radius 3 is 2.65 bits per heavy atom. The van der Waals surface area contributed by atoms with Crippen LogP contribution in [0.1, 0.15) is 30.0 Å². The molecule has 0 saturated carbocycles. The second kappa shape index (κ2) is 3.67. The molecule has 0 fully saturated rings. The summed E-state index contributed by atoms with van der Waals surface area (Å²) in [4.78, 5) is 23.0. The third-order valence-corrected chi connectivity index (χ3v) is 3.02. The number of aliphatic hydroxyl groups is 1. The molecule has 4 heteroatoms. The Hall–Kier alpha value is -1.68. The van der Waals surface area contributed by atoms with Crippen molar-refractivity contribution in [1.29, 1.82) is 0 Å². The molecule has 1 aliphatic heterocycles. The number of Topliss-reactive ketones (excluding diaryl/α,β-unsaturated/α-hetero) is 1. The molecule has 1 heterocycles. The standard InChI is InChI=1S/C13H15NO3/c1-7-4-8(2)11-10(5-7)14-12(16)13(11,17)6-9(3)15/h4-5,17H,6H2,1-3H3,(H,14,16)/t13-/m1/s1. The Kier molecular flexibility index (Phi) is 2.54. The number of carbonyl (C=O) groups excluding carboxylic acids is 2. The first kappa shape index (κ1) is 11.8. The average Bonchev–Trinajstić information content (AvgIpc) is 2.36. The SMILES string of the molecule is CC(=O)C[C@]1(O)C(=O)Nc2cc(C)cc(C)c21. The smallest absolute Gasteiger partial charge is 0.261 e. The Morgan fingerprint density at radius 2 is 2.06 bits per heavy atom. The van der Waals surface area contributed by atoms with E-state index in [4.69, 9.17) is 0 Å². The molecule has 1 atom stereocenters. The highest BCUT2D eigenvalue weighted by Gasteiger charge is 2.47. The number of anilines is 1. The summed E-state index contributed by atoms with van der Waals surface area (Å²) in [5, 5.41) is 13.1. The zero-order valence-electron chi connectivity index (χ0n) is 10.1. The van der Waals surface area contributed by atoms with Gasteiger partial charge in [-0.25, -0.2) is 0 Å². The maximum Gasteiger partial charge on any atom is 0.261 e. The number of aryl methyl sites for hydroxylation is 2. The van der Waals surface area contributed by atoms with Crippen molar-refractivity contribution in [3.8, 4) is 0 Å². The van der Waals surface area contributed by atoms with Gasteiger partial charge in [0.2, 0.25) is 0 Å². The van der Waals surface area contributed by atoms with E-state index in [0.717, 1.165) is 11.1 Å². The Labute approximate surface area is 99.6 Å². The molecule has 1 aliphatic rings. The van der Waals surface area contributed by atoms with E-state index in [9.17, 15) is 14.7 Å². The number of nitrogens with one attached hydrogen (secondary N) is 1. The zero-order chi connectivity index (χ0) is 12.8. The molecule has 0 aliphatic carbocycles. The lowest BCUT2D eigenvalue weighted by Crippen LogP contribution is -2.36. The topological polar surface area (TPSA) is 66.4 Å². The van der Waals surface area contributed by atoms with Crippen LogP contribution < -0.4 is 5.32 Å². The molecule has 2 N–H and O–H groups in total. The third kappa shape index (κ3) is 1.74. The minimum absolute atomic E-state index is 0.185. The minimum atomic E-state index is -1.71. The largest absolute Gasteiger partial charge is 0.375 e. The van der Waals surface area contributed by atoms with Gasteiger partial charge in [-0.2, -0.15) is 0 Å². The van der Waals surface area contributed by atoms with Crippen molar-refractivity contribution in [2.45, 2.75) is 32.8 Å².